The maximum Gasteiger partial charge on any atom is 0.368 e. The number of rotatable bonds is 8. The van der Waals surface area contributed by atoms with Gasteiger partial charge in [0.15, 0.2) is 6.35 Å². The molecule has 192 valence electrons. The fourth-order valence-electron chi connectivity index (χ4n) is 4.60. The van der Waals surface area contributed by atoms with Crippen LogP contribution in [0.25, 0.3) is 0 Å². The lowest BCUT2D eigenvalue weighted by atomic mass is 9.93. The molecule has 3 aromatic rings. The largest absolute Gasteiger partial charge is 0.496 e. The number of methoxy groups -OCH3 is 1. The van der Waals surface area contributed by atoms with Crippen molar-refractivity contribution < 1.29 is 23.1 Å². The average molecular weight is 529 g/mol. The highest BCUT2D eigenvalue weighted by atomic mass is 35.5. The minimum Gasteiger partial charge on any atom is -0.496 e. The van der Waals surface area contributed by atoms with E-state index in [1.54, 1.807) is 13.2 Å². The van der Waals surface area contributed by atoms with Gasteiger partial charge in [0.1, 0.15) is 11.5 Å². The van der Waals surface area contributed by atoms with E-state index in [0.29, 0.717) is 29.7 Å². The molecule has 0 N–H and O–H groups in total. The van der Waals surface area contributed by atoms with E-state index in [0.717, 1.165) is 28.9 Å². The summed E-state index contributed by atoms with van der Waals surface area (Å²) in [6, 6.07) is 17.8. The normalized spacial score (nSPS) is 19.9. The Kier molecular flexibility index (Phi) is 8.47. The number of hydrogen-bond donors (Lipinski definition) is 0. The van der Waals surface area contributed by atoms with E-state index in [-0.39, 0.29) is 12.5 Å². The standard InChI is InChI=1S/C29H34ClO5P/c1-19(2)26-15-22(9-10-29(26)32-5)16-27-20(3)13-25(14-21(27)4)33-18-36(31)34-12-11-28(35-36)23-7-6-8-24(30)17-23/h6-10,13-15,17,19,28H,11-12,16,18H2,1-5H3/t28?,36-/m1/s1. The molecule has 1 fully saturated rings. The van der Waals surface area contributed by atoms with E-state index in [2.05, 4.69) is 39.8 Å². The molecule has 36 heavy (non-hydrogen) atoms. The molecule has 1 aliphatic heterocycles. The van der Waals surface area contributed by atoms with Crippen LogP contribution < -0.4 is 9.47 Å². The zero-order valence-electron chi connectivity index (χ0n) is 21.5. The van der Waals surface area contributed by atoms with Gasteiger partial charge in [0, 0.05) is 11.4 Å². The number of ether oxygens (including phenoxy) is 2. The van der Waals surface area contributed by atoms with Crippen LogP contribution >= 0.6 is 19.2 Å². The third-order valence-corrected chi connectivity index (χ3v) is 8.36. The van der Waals surface area contributed by atoms with E-state index in [4.69, 9.17) is 30.1 Å². The van der Waals surface area contributed by atoms with Gasteiger partial charge in [0.2, 0.25) is 0 Å². The van der Waals surface area contributed by atoms with Crippen molar-refractivity contribution in [3.05, 3.63) is 93.0 Å². The lowest BCUT2D eigenvalue weighted by Gasteiger charge is -2.30. The molecule has 0 aliphatic carbocycles. The molecule has 7 heteroatoms. The van der Waals surface area contributed by atoms with Crippen molar-refractivity contribution in [1.82, 2.24) is 0 Å². The zero-order chi connectivity index (χ0) is 25.9. The van der Waals surface area contributed by atoms with Crippen molar-refractivity contribution in [3.8, 4) is 11.5 Å². The molecule has 1 unspecified atom stereocenters. The van der Waals surface area contributed by atoms with Gasteiger partial charge in [-0.2, -0.15) is 0 Å². The fraction of sp³-hybridized carbons (Fsp3) is 0.379. The summed E-state index contributed by atoms with van der Waals surface area (Å²) >= 11 is 6.12. The first-order chi connectivity index (χ1) is 17.2. The van der Waals surface area contributed by atoms with Gasteiger partial charge < -0.3 is 14.0 Å². The van der Waals surface area contributed by atoms with Crippen molar-refractivity contribution in [2.45, 2.75) is 52.6 Å². The van der Waals surface area contributed by atoms with Gasteiger partial charge in [-0.15, -0.1) is 0 Å². The molecular weight excluding hydrogens is 495 g/mol. The quantitative estimate of drug-likeness (QED) is 0.275. The molecule has 0 saturated carbocycles. The van der Waals surface area contributed by atoms with Gasteiger partial charge in [-0.1, -0.05) is 49.7 Å². The Morgan fingerprint density at radius 1 is 1.08 bits per heavy atom. The van der Waals surface area contributed by atoms with Crippen LogP contribution in [0, 0.1) is 13.8 Å². The molecule has 0 bridgehead atoms. The second-order valence-electron chi connectivity index (χ2n) is 9.60. The van der Waals surface area contributed by atoms with Crippen molar-refractivity contribution >= 4 is 19.2 Å². The van der Waals surface area contributed by atoms with Gasteiger partial charge in [-0.05, 0) is 89.9 Å². The summed E-state index contributed by atoms with van der Waals surface area (Å²) in [5.74, 6) is 1.95. The molecule has 0 aromatic heterocycles. The minimum atomic E-state index is -3.41. The number of halogens is 1. The first-order valence-corrected chi connectivity index (χ1v) is 14.3. The van der Waals surface area contributed by atoms with Crippen LogP contribution in [0.15, 0.2) is 54.6 Å². The molecule has 0 spiro atoms. The summed E-state index contributed by atoms with van der Waals surface area (Å²) in [7, 11) is -1.70. The molecule has 0 radical (unpaired) electrons. The number of benzene rings is 3. The Morgan fingerprint density at radius 3 is 2.50 bits per heavy atom. The second kappa shape index (κ2) is 11.4. The smallest absolute Gasteiger partial charge is 0.368 e. The molecule has 3 aromatic carbocycles. The Morgan fingerprint density at radius 2 is 1.83 bits per heavy atom. The van der Waals surface area contributed by atoms with Crippen LogP contribution in [0.2, 0.25) is 5.02 Å². The van der Waals surface area contributed by atoms with Gasteiger partial charge in [-0.25, -0.2) is 0 Å². The summed E-state index contributed by atoms with van der Waals surface area (Å²) in [6.45, 7) is 8.84. The van der Waals surface area contributed by atoms with Crippen LogP contribution in [0.1, 0.15) is 65.7 Å². The summed E-state index contributed by atoms with van der Waals surface area (Å²) in [5, 5.41) is 0.620. The molecule has 4 rings (SSSR count). The zero-order valence-corrected chi connectivity index (χ0v) is 23.2. The van der Waals surface area contributed by atoms with Crippen molar-refractivity contribution in [2.75, 3.05) is 20.1 Å². The van der Waals surface area contributed by atoms with E-state index < -0.39 is 7.60 Å². The number of hydrogen-bond acceptors (Lipinski definition) is 5. The van der Waals surface area contributed by atoms with Crippen LogP contribution in [0.5, 0.6) is 11.5 Å². The Labute approximate surface area is 219 Å². The number of aryl methyl sites for hydroxylation is 2. The SMILES string of the molecule is COc1ccc(Cc2c(C)cc(OC[P@@]3(=O)OCCC(c4cccc(Cl)c4)O3)cc2C)cc1C(C)C. The molecule has 1 aliphatic rings. The summed E-state index contributed by atoms with van der Waals surface area (Å²) in [4.78, 5) is 0. The van der Waals surface area contributed by atoms with E-state index in [1.807, 2.05) is 36.4 Å². The third kappa shape index (κ3) is 6.33. The predicted octanol–water partition coefficient (Wildman–Crippen LogP) is 8.39. The van der Waals surface area contributed by atoms with Gasteiger partial charge in [0.05, 0.1) is 19.8 Å². The Bertz CT molecular complexity index is 1250. The van der Waals surface area contributed by atoms with Crippen LogP contribution in [0.3, 0.4) is 0 Å². The molecule has 1 saturated heterocycles. The van der Waals surface area contributed by atoms with Gasteiger partial charge in [-0.3, -0.25) is 9.09 Å². The van der Waals surface area contributed by atoms with Crippen LogP contribution in [-0.4, -0.2) is 20.1 Å². The highest BCUT2D eigenvalue weighted by Crippen LogP contribution is 2.56. The summed E-state index contributed by atoms with van der Waals surface area (Å²) in [6.07, 6.45) is 0.950. The van der Waals surface area contributed by atoms with Gasteiger partial charge in [0.25, 0.3) is 0 Å². The molecular formula is C29H34ClO5P. The lowest BCUT2D eigenvalue weighted by Crippen LogP contribution is -2.17. The van der Waals surface area contributed by atoms with Crippen LogP contribution in [0.4, 0.5) is 0 Å². The lowest BCUT2D eigenvalue weighted by molar-refractivity contribution is 0.0725. The monoisotopic (exact) mass is 528 g/mol. The third-order valence-electron chi connectivity index (χ3n) is 6.53. The summed E-state index contributed by atoms with van der Waals surface area (Å²) < 4.78 is 36.2. The van der Waals surface area contributed by atoms with Crippen molar-refractivity contribution in [3.63, 3.8) is 0 Å². The summed E-state index contributed by atoms with van der Waals surface area (Å²) in [5.41, 5.74) is 6.82. The van der Waals surface area contributed by atoms with Crippen molar-refractivity contribution in [1.29, 1.82) is 0 Å². The second-order valence-corrected chi connectivity index (χ2v) is 12.0. The van der Waals surface area contributed by atoms with E-state index in [9.17, 15) is 4.57 Å². The maximum absolute atomic E-state index is 13.3. The highest BCUT2D eigenvalue weighted by Gasteiger charge is 2.35. The molecule has 2 atom stereocenters. The molecule has 1 heterocycles. The topological polar surface area (TPSA) is 54.0 Å². The van der Waals surface area contributed by atoms with E-state index in [1.165, 1.54) is 16.7 Å². The first-order valence-electron chi connectivity index (χ1n) is 12.2. The highest BCUT2D eigenvalue weighted by molar-refractivity contribution is 7.53. The van der Waals surface area contributed by atoms with Gasteiger partial charge >= 0.3 is 7.60 Å². The Hall–Kier alpha value is -2.30. The molecule has 5 nitrogen and oxygen atoms in total. The van der Waals surface area contributed by atoms with Crippen LogP contribution in [-0.2, 0) is 20.0 Å². The maximum atomic E-state index is 13.3. The van der Waals surface area contributed by atoms with E-state index >= 15 is 0 Å². The Balaban J connectivity index is 1.45. The predicted molar refractivity (Wildman–Crippen MR) is 145 cm³/mol. The first kappa shape index (κ1) is 26.8. The minimum absolute atomic E-state index is 0.140. The fourth-order valence-corrected chi connectivity index (χ4v) is 6.30. The molecule has 0 amide bonds. The van der Waals surface area contributed by atoms with Crippen molar-refractivity contribution in [2.24, 2.45) is 0 Å². The average Bonchev–Trinajstić information content (AvgIpc) is 2.85.